The molecule has 0 bridgehead atoms. The first kappa shape index (κ1) is 21.2. The fourth-order valence-electron chi connectivity index (χ4n) is 4.06. The second kappa shape index (κ2) is 9.02. The summed E-state index contributed by atoms with van der Waals surface area (Å²) in [7, 11) is 1.55. The lowest BCUT2D eigenvalue weighted by Gasteiger charge is -2.18. The number of carbonyl (C=O) groups excluding carboxylic acids is 1. The van der Waals surface area contributed by atoms with Crippen LogP contribution in [0.5, 0.6) is 11.5 Å². The van der Waals surface area contributed by atoms with E-state index in [4.69, 9.17) is 21.1 Å². The van der Waals surface area contributed by atoms with Crippen LogP contribution in [0.25, 0.3) is 10.9 Å². The van der Waals surface area contributed by atoms with E-state index in [9.17, 15) is 4.79 Å². The summed E-state index contributed by atoms with van der Waals surface area (Å²) in [5.41, 5.74) is 7.57. The van der Waals surface area contributed by atoms with Gasteiger partial charge in [0.1, 0.15) is 0 Å². The van der Waals surface area contributed by atoms with Crippen molar-refractivity contribution in [2.45, 2.75) is 33.1 Å². The van der Waals surface area contributed by atoms with E-state index in [1.807, 2.05) is 25.1 Å². The summed E-state index contributed by atoms with van der Waals surface area (Å²) in [5, 5.41) is 5.64. The van der Waals surface area contributed by atoms with Crippen LogP contribution < -0.4 is 14.9 Å². The van der Waals surface area contributed by atoms with Crippen molar-refractivity contribution in [2.24, 2.45) is 11.0 Å². The lowest BCUT2D eigenvalue weighted by molar-refractivity contribution is 0.0955. The van der Waals surface area contributed by atoms with Gasteiger partial charge in [-0.2, -0.15) is 5.10 Å². The van der Waals surface area contributed by atoms with Gasteiger partial charge < -0.3 is 14.5 Å². The third kappa shape index (κ3) is 4.39. The van der Waals surface area contributed by atoms with Gasteiger partial charge in [0.05, 0.1) is 25.0 Å². The molecule has 0 saturated carbocycles. The standard InChI is InChI=1S/C24H26ClN3O3/c1-4-31-23-19(25)10-15(11-22(23)30-3)13-26-28-24(29)16-6-8-21-18(12-16)17-9-14(2)5-7-20(17)27-21/h6,8,10-14,27H,4-5,7,9H2,1-3H3,(H,28,29)/b26-13-. The first-order valence-corrected chi connectivity index (χ1v) is 10.8. The molecule has 0 spiro atoms. The number of aromatic nitrogens is 1. The highest BCUT2D eigenvalue weighted by atomic mass is 35.5. The van der Waals surface area contributed by atoms with Gasteiger partial charge in [-0.3, -0.25) is 4.79 Å². The molecule has 3 aromatic rings. The van der Waals surface area contributed by atoms with Crippen LogP contribution in [0, 0.1) is 5.92 Å². The van der Waals surface area contributed by atoms with Crippen molar-refractivity contribution >= 4 is 34.6 Å². The van der Waals surface area contributed by atoms with Gasteiger partial charge in [0.25, 0.3) is 5.91 Å². The number of benzene rings is 2. The van der Waals surface area contributed by atoms with Crippen LogP contribution in [-0.4, -0.2) is 30.8 Å². The number of carbonyl (C=O) groups is 1. The Kier molecular flexibility index (Phi) is 6.18. The van der Waals surface area contributed by atoms with Crippen molar-refractivity contribution in [1.82, 2.24) is 10.4 Å². The topological polar surface area (TPSA) is 75.7 Å². The monoisotopic (exact) mass is 439 g/mol. The molecule has 1 amide bonds. The largest absolute Gasteiger partial charge is 0.493 e. The molecule has 162 valence electrons. The predicted octanol–water partition coefficient (Wildman–Crippen LogP) is 5.12. The SMILES string of the molecule is CCOc1c(Cl)cc(/C=N\NC(=O)c2ccc3[nH]c4c(c3c2)CC(C)CC4)cc1OC. The number of ether oxygens (including phenoxy) is 2. The van der Waals surface area contributed by atoms with Crippen molar-refractivity contribution in [2.75, 3.05) is 13.7 Å². The summed E-state index contributed by atoms with van der Waals surface area (Å²) >= 11 is 6.29. The number of hydrogen-bond acceptors (Lipinski definition) is 4. The minimum atomic E-state index is -0.263. The van der Waals surface area contributed by atoms with Gasteiger partial charge in [-0.15, -0.1) is 0 Å². The molecule has 2 N–H and O–H groups in total. The first-order valence-electron chi connectivity index (χ1n) is 10.5. The van der Waals surface area contributed by atoms with Crippen LogP contribution in [0.2, 0.25) is 5.02 Å². The smallest absolute Gasteiger partial charge is 0.271 e. The number of fused-ring (bicyclic) bond motifs is 3. The summed E-state index contributed by atoms with van der Waals surface area (Å²) in [6.07, 6.45) is 4.83. The molecule has 4 rings (SSSR count). The Hall–Kier alpha value is -2.99. The second-order valence-electron chi connectivity index (χ2n) is 7.86. The normalized spacial score (nSPS) is 15.8. The summed E-state index contributed by atoms with van der Waals surface area (Å²) in [5.74, 6) is 1.40. The number of hydrazone groups is 1. The molecular formula is C24H26ClN3O3. The Morgan fingerprint density at radius 3 is 2.97 bits per heavy atom. The van der Waals surface area contributed by atoms with Gasteiger partial charge in [-0.05, 0) is 73.6 Å². The minimum absolute atomic E-state index is 0.263. The fourth-order valence-corrected chi connectivity index (χ4v) is 4.33. The Balaban J connectivity index is 1.51. The highest BCUT2D eigenvalue weighted by molar-refractivity contribution is 6.32. The maximum atomic E-state index is 12.7. The van der Waals surface area contributed by atoms with Gasteiger partial charge in [-0.25, -0.2) is 5.43 Å². The number of H-pyrrole nitrogens is 1. The lowest BCUT2D eigenvalue weighted by atomic mass is 9.87. The third-order valence-electron chi connectivity index (χ3n) is 5.62. The zero-order chi connectivity index (χ0) is 22.0. The molecule has 0 saturated heterocycles. The predicted molar refractivity (Wildman–Crippen MR) is 124 cm³/mol. The van der Waals surface area contributed by atoms with Crippen LogP contribution >= 0.6 is 11.6 Å². The average molecular weight is 440 g/mol. The molecule has 0 radical (unpaired) electrons. The van der Waals surface area contributed by atoms with Gasteiger partial charge in [0.15, 0.2) is 11.5 Å². The second-order valence-corrected chi connectivity index (χ2v) is 8.26. The summed E-state index contributed by atoms with van der Waals surface area (Å²) < 4.78 is 10.9. The maximum Gasteiger partial charge on any atom is 0.271 e. The van der Waals surface area contributed by atoms with Crippen LogP contribution in [0.15, 0.2) is 35.4 Å². The Bertz CT molecular complexity index is 1150. The molecular weight excluding hydrogens is 414 g/mol. The fraction of sp³-hybridized carbons (Fsp3) is 0.333. The molecule has 1 aromatic heterocycles. The maximum absolute atomic E-state index is 12.7. The molecule has 2 aromatic carbocycles. The van der Waals surface area contributed by atoms with Gasteiger partial charge in [-0.1, -0.05) is 18.5 Å². The number of aromatic amines is 1. The van der Waals surface area contributed by atoms with Crippen LogP contribution in [-0.2, 0) is 12.8 Å². The van der Waals surface area contributed by atoms with Crippen LogP contribution in [0.1, 0.15) is 47.4 Å². The molecule has 1 atom stereocenters. The quantitative estimate of drug-likeness (QED) is 0.413. The third-order valence-corrected chi connectivity index (χ3v) is 5.90. The summed E-state index contributed by atoms with van der Waals surface area (Å²) in [6, 6.07) is 9.20. The van der Waals surface area contributed by atoms with Crippen LogP contribution in [0.3, 0.4) is 0 Å². The van der Waals surface area contributed by atoms with Crippen LogP contribution in [0.4, 0.5) is 0 Å². The number of halogens is 1. The first-order chi connectivity index (χ1) is 15.0. The number of aryl methyl sites for hydroxylation is 1. The molecule has 1 heterocycles. The van der Waals surface area contributed by atoms with E-state index in [0.29, 0.717) is 40.2 Å². The van der Waals surface area contributed by atoms with Crippen molar-refractivity contribution in [3.8, 4) is 11.5 Å². The van der Waals surface area contributed by atoms with Gasteiger partial charge in [0, 0.05) is 22.2 Å². The number of nitrogens with zero attached hydrogens (tertiary/aromatic N) is 1. The van der Waals surface area contributed by atoms with E-state index >= 15 is 0 Å². The number of rotatable bonds is 6. The molecule has 31 heavy (non-hydrogen) atoms. The number of methoxy groups -OCH3 is 1. The number of amides is 1. The molecule has 6 nitrogen and oxygen atoms in total. The van der Waals surface area contributed by atoms with E-state index < -0.39 is 0 Å². The summed E-state index contributed by atoms with van der Waals surface area (Å²) in [6.45, 7) is 4.63. The molecule has 7 heteroatoms. The van der Waals surface area contributed by atoms with Crippen molar-refractivity contribution in [3.05, 3.63) is 57.7 Å². The Morgan fingerprint density at radius 2 is 2.19 bits per heavy atom. The molecule has 0 aliphatic heterocycles. The average Bonchev–Trinajstić information content (AvgIpc) is 3.12. The molecule has 1 unspecified atom stereocenters. The Labute approximate surface area is 186 Å². The highest BCUT2D eigenvalue weighted by Crippen LogP contribution is 2.36. The van der Waals surface area contributed by atoms with E-state index in [2.05, 4.69) is 22.4 Å². The molecule has 0 fully saturated rings. The van der Waals surface area contributed by atoms with Crippen molar-refractivity contribution < 1.29 is 14.3 Å². The van der Waals surface area contributed by atoms with E-state index in [0.717, 1.165) is 23.7 Å². The number of nitrogens with one attached hydrogen (secondary N) is 2. The lowest BCUT2D eigenvalue weighted by Crippen LogP contribution is -2.17. The van der Waals surface area contributed by atoms with Gasteiger partial charge in [0.2, 0.25) is 0 Å². The Morgan fingerprint density at radius 1 is 1.35 bits per heavy atom. The highest BCUT2D eigenvalue weighted by Gasteiger charge is 2.20. The summed E-state index contributed by atoms with van der Waals surface area (Å²) in [4.78, 5) is 16.2. The van der Waals surface area contributed by atoms with E-state index in [-0.39, 0.29) is 5.91 Å². The van der Waals surface area contributed by atoms with E-state index in [1.54, 1.807) is 19.2 Å². The zero-order valence-electron chi connectivity index (χ0n) is 17.9. The van der Waals surface area contributed by atoms with Crippen molar-refractivity contribution in [1.29, 1.82) is 0 Å². The van der Waals surface area contributed by atoms with Gasteiger partial charge >= 0.3 is 0 Å². The number of hydrogen-bond donors (Lipinski definition) is 2. The minimum Gasteiger partial charge on any atom is -0.493 e. The zero-order valence-corrected chi connectivity index (χ0v) is 18.7. The van der Waals surface area contributed by atoms with Crippen molar-refractivity contribution in [3.63, 3.8) is 0 Å². The molecule has 1 aliphatic rings. The van der Waals surface area contributed by atoms with E-state index in [1.165, 1.54) is 23.9 Å². The molecule has 1 aliphatic carbocycles.